The maximum atomic E-state index is 5.62. The lowest BCUT2D eigenvalue weighted by Gasteiger charge is -2.15. The molecule has 18 heavy (non-hydrogen) atoms. The Hall–Kier alpha value is -1.98. The quantitative estimate of drug-likeness (QED) is 0.815. The van der Waals surface area contributed by atoms with E-state index in [0.717, 1.165) is 5.56 Å². The molecule has 0 spiro atoms. The van der Waals surface area contributed by atoms with Gasteiger partial charge in [0, 0.05) is 18.9 Å². The van der Waals surface area contributed by atoms with Gasteiger partial charge < -0.3 is 15.2 Å². The standard InChI is InChI=1S/C13H15N3O2/c1-17-13(10-5-3-2-4-6-10)18-9-12-15-8-7-11(14)16-12/h2-8,13H,9H2,1H3,(H2,14,15,16). The molecule has 0 aliphatic carbocycles. The van der Waals surface area contributed by atoms with Gasteiger partial charge in [0.05, 0.1) is 0 Å². The zero-order valence-electron chi connectivity index (χ0n) is 10.1. The second-order valence-electron chi connectivity index (χ2n) is 3.69. The first-order valence-corrected chi connectivity index (χ1v) is 5.56. The molecule has 0 saturated heterocycles. The minimum Gasteiger partial charge on any atom is -0.384 e. The van der Waals surface area contributed by atoms with Gasteiger partial charge in [0.25, 0.3) is 0 Å². The van der Waals surface area contributed by atoms with Crippen molar-refractivity contribution in [3.05, 3.63) is 54.0 Å². The lowest BCUT2D eigenvalue weighted by Crippen LogP contribution is -2.09. The minimum atomic E-state index is -0.434. The molecule has 0 bridgehead atoms. The van der Waals surface area contributed by atoms with Crippen LogP contribution in [0, 0.1) is 0 Å². The number of aromatic nitrogens is 2. The Morgan fingerprint density at radius 1 is 1.22 bits per heavy atom. The Labute approximate surface area is 106 Å². The highest BCUT2D eigenvalue weighted by molar-refractivity contribution is 5.24. The molecule has 1 aromatic heterocycles. The number of rotatable bonds is 5. The molecule has 5 heteroatoms. The molecular weight excluding hydrogens is 230 g/mol. The molecule has 1 aromatic carbocycles. The summed E-state index contributed by atoms with van der Waals surface area (Å²) in [4.78, 5) is 8.13. The van der Waals surface area contributed by atoms with Gasteiger partial charge in [0.1, 0.15) is 12.4 Å². The first-order valence-electron chi connectivity index (χ1n) is 5.56. The van der Waals surface area contributed by atoms with Crippen molar-refractivity contribution in [2.45, 2.75) is 12.9 Å². The van der Waals surface area contributed by atoms with Crippen LogP contribution in [0.3, 0.4) is 0 Å². The highest BCUT2D eigenvalue weighted by atomic mass is 16.7. The van der Waals surface area contributed by atoms with E-state index in [4.69, 9.17) is 15.2 Å². The van der Waals surface area contributed by atoms with Crippen LogP contribution in [0.15, 0.2) is 42.6 Å². The smallest absolute Gasteiger partial charge is 0.184 e. The van der Waals surface area contributed by atoms with Crippen molar-refractivity contribution in [1.29, 1.82) is 0 Å². The summed E-state index contributed by atoms with van der Waals surface area (Å²) < 4.78 is 10.9. The van der Waals surface area contributed by atoms with Crippen molar-refractivity contribution >= 4 is 5.82 Å². The average Bonchev–Trinajstić information content (AvgIpc) is 2.41. The van der Waals surface area contributed by atoms with Crippen LogP contribution < -0.4 is 5.73 Å². The Morgan fingerprint density at radius 2 is 2.00 bits per heavy atom. The molecular formula is C13H15N3O2. The molecule has 1 unspecified atom stereocenters. The van der Waals surface area contributed by atoms with Crippen LogP contribution in [0.25, 0.3) is 0 Å². The number of methoxy groups -OCH3 is 1. The Kier molecular flexibility index (Phi) is 4.22. The SMILES string of the molecule is COC(OCc1nccc(N)n1)c1ccccc1. The molecule has 0 radical (unpaired) electrons. The first kappa shape index (κ1) is 12.5. The molecule has 0 saturated carbocycles. The maximum Gasteiger partial charge on any atom is 0.184 e. The summed E-state index contributed by atoms with van der Waals surface area (Å²) >= 11 is 0. The highest BCUT2D eigenvalue weighted by Crippen LogP contribution is 2.18. The van der Waals surface area contributed by atoms with Crippen LogP contribution in [0.4, 0.5) is 5.82 Å². The number of anilines is 1. The number of nitrogen functional groups attached to an aromatic ring is 1. The van der Waals surface area contributed by atoms with Gasteiger partial charge in [-0.3, -0.25) is 0 Å². The minimum absolute atomic E-state index is 0.248. The lowest BCUT2D eigenvalue weighted by atomic mass is 10.2. The van der Waals surface area contributed by atoms with Crippen LogP contribution >= 0.6 is 0 Å². The van der Waals surface area contributed by atoms with Gasteiger partial charge in [-0.1, -0.05) is 30.3 Å². The van der Waals surface area contributed by atoms with Crippen LogP contribution in [-0.4, -0.2) is 17.1 Å². The van der Waals surface area contributed by atoms with Gasteiger partial charge in [-0.05, 0) is 6.07 Å². The molecule has 0 fully saturated rings. The summed E-state index contributed by atoms with van der Waals surface area (Å²) in [6.45, 7) is 0.248. The molecule has 5 nitrogen and oxygen atoms in total. The van der Waals surface area contributed by atoms with E-state index in [2.05, 4.69) is 9.97 Å². The summed E-state index contributed by atoms with van der Waals surface area (Å²) in [6, 6.07) is 11.3. The van der Waals surface area contributed by atoms with E-state index in [1.807, 2.05) is 30.3 Å². The largest absolute Gasteiger partial charge is 0.384 e. The Bertz CT molecular complexity index is 491. The normalized spacial score (nSPS) is 12.3. The molecule has 0 aliphatic rings. The van der Waals surface area contributed by atoms with Crippen molar-refractivity contribution in [2.75, 3.05) is 12.8 Å². The van der Waals surface area contributed by atoms with Gasteiger partial charge in [-0.2, -0.15) is 0 Å². The summed E-state index contributed by atoms with van der Waals surface area (Å²) in [6.07, 6.45) is 1.17. The third-order valence-electron chi connectivity index (χ3n) is 2.38. The molecule has 1 atom stereocenters. The fourth-order valence-corrected chi connectivity index (χ4v) is 1.55. The van der Waals surface area contributed by atoms with Crippen molar-refractivity contribution in [1.82, 2.24) is 9.97 Å². The third-order valence-corrected chi connectivity index (χ3v) is 2.38. The second kappa shape index (κ2) is 6.09. The number of nitrogens with two attached hydrogens (primary N) is 1. The van der Waals surface area contributed by atoms with E-state index in [-0.39, 0.29) is 6.61 Å². The van der Waals surface area contributed by atoms with Crippen molar-refractivity contribution in [3.63, 3.8) is 0 Å². The fourth-order valence-electron chi connectivity index (χ4n) is 1.55. The topological polar surface area (TPSA) is 70.3 Å². The number of benzene rings is 1. The van der Waals surface area contributed by atoms with Gasteiger partial charge in [-0.25, -0.2) is 9.97 Å². The van der Waals surface area contributed by atoms with E-state index in [1.54, 1.807) is 19.4 Å². The average molecular weight is 245 g/mol. The number of ether oxygens (including phenoxy) is 2. The lowest BCUT2D eigenvalue weighted by molar-refractivity contribution is -0.137. The third kappa shape index (κ3) is 3.26. The number of hydrogen-bond donors (Lipinski definition) is 1. The monoisotopic (exact) mass is 245 g/mol. The fraction of sp³-hybridized carbons (Fsp3) is 0.231. The molecule has 94 valence electrons. The molecule has 0 amide bonds. The molecule has 2 rings (SSSR count). The van der Waals surface area contributed by atoms with E-state index in [1.165, 1.54) is 0 Å². The molecule has 1 heterocycles. The van der Waals surface area contributed by atoms with Crippen LogP contribution in [0.1, 0.15) is 17.7 Å². The summed E-state index contributed by atoms with van der Waals surface area (Å²) in [5, 5.41) is 0. The zero-order valence-corrected chi connectivity index (χ0v) is 10.1. The van der Waals surface area contributed by atoms with Crippen LogP contribution in [0.2, 0.25) is 0 Å². The summed E-state index contributed by atoms with van der Waals surface area (Å²) in [5.74, 6) is 0.963. The molecule has 0 aliphatic heterocycles. The second-order valence-corrected chi connectivity index (χ2v) is 3.69. The van der Waals surface area contributed by atoms with Crippen molar-refractivity contribution < 1.29 is 9.47 Å². The predicted octanol–water partition coefficient (Wildman–Crippen LogP) is 1.92. The van der Waals surface area contributed by atoms with Gasteiger partial charge >= 0.3 is 0 Å². The summed E-state index contributed by atoms with van der Waals surface area (Å²) in [7, 11) is 1.60. The molecule has 2 N–H and O–H groups in total. The number of hydrogen-bond acceptors (Lipinski definition) is 5. The number of nitrogens with zero attached hydrogens (tertiary/aromatic N) is 2. The van der Waals surface area contributed by atoms with Gasteiger partial charge in [0.15, 0.2) is 12.1 Å². The summed E-state index contributed by atoms with van der Waals surface area (Å²) in [5.41, 5.74) is 6.52. The van der Waals surface area contributed by atoms with Crippen molar-refractivity contribution in [2.24, 2.45) is 0 Å². The van der Waals surface area contributed by atoms with Crippen LogP contribution in [-0.2, 0) is 16.1 Å². The van der Waals surface area contributed by atoms with Crippen LogP contribution in [0.5, 0.6) is 0 Å². The van der Waals surface area contributed by atoms with E-state index in [9.17, 15) is 0 Å². The van der Waals surface area contributed by atoms with E-state index < -0.39 is 6.29 Å². The molecule has 2 aromatic rings. The van der Waals surface area contributed by atoms with Gasteiger partial charge in [-0.15, -0.1) is 0 Å². The van der Waals surface area contributed by atoms with E-state index in [0.29, 0.717) is 11.6 Å². The van der Waals surface area contributed by atoms with Gasteiger partial charge in [0.2, 0.25) is 0 Å². The van der Waals surface area contributed by atoms with E-state index >= 15 is 0 Å². The Morgan fingerprint density at radius 3 is 2.67 bits per heavy atom. The predicted molar refractivity (Wildman–Crippen MR) is 67.4 cm³/mol. The Balaban J connectivity index is 2.00. The maximum absolute atomic E-state index is 5.62. The zero-order chi connectivity index (χ0) is 12.8. The first-order chi connectivity index (χ1) is 8.79. The van der Waals surface area contributed by atoms with Crippen molar-refractivity contribution in [3.8, 4) is 0 Å². The highest BCUT2D eigenvalue weighted by Gasteiger charge is 2.11.